The summed E-state index contributed by atoms with van der Waals surface area (Å²) in [5.41, 5.74) is 3.89. The van der Waals surface area contributed by atoms with Gasteiger partial charge < -0.3 is 4.74 Å². The van der Waals surface area contributed by atoms with Gasteiger partial charge in [0.1, 0.15) is 5.75 Å². The third-order valence-corrected chi connectivity index (χ3v) is 4.14. The smallest absolute Gasteiger partial charge is 0.187 e. The van der Waals surface area contributed by atoms with E-state index in [4.69, 9.17) is 4.74 Å². The first-order valence-corrected chi connectivity index (χ1v) is 7.20. The Hall–Kier alpha value is -2.87. The van der Waals surface area contributed by atoms with Crippen LogP contribution in [0.25, 0.3) is 16.3 Å². The summed E-state index contributed by atoms with van der Waals surface area (Å²) in [6, 6.07) is 19.9. The fourth-order valence-corrected chi connectivity index (χ4v) is 3.07. The summed E-state index contributed by atoms with van der Waals surface area (Å²) >= 11 is 0. The number of methoxy groups -OCH3 is 1. The average molecular weight is 286 g/mol. The van der Waals surface area contributed by atoms with E-state index in [-0.39, 0.29) is 5.78 Å². The van der Waals surface area contributed by atoms with Gasteiger partial charge in [-0.3, -0.25) is 4.79 Å². The van der Waals surface area contributed by atoms with Gasteiger partial charge in [-0.1, -0.05) is 48.5 Å². The second-order valence-corrected chi connectivity index (χ2v) is 5.36. The zero-order valence-corrected chi connectivity index (χ0v) is 12.2. The molecule has 106 valence electrons. The number of carbonyl (C=O) groups is 1. The molecule has 0 atom stereocenters. The Labute approximate surface area is 128 Å². The van der Waals surface area contributed by atoms with Gasteiger partial charge in [-0.25, -0.2) is 0 Å². The monoisotopic (exact) mass is 286 g/mol. The van der Waals surface area contributed by atoms with Crippen molar-refractivity contribution in [2.45, 2.75) is 0 Å². The highest BCUT2D eigenvalue weighted by molar-refractivity contribution is 6.23. The van der Waals surface area contributed by atoms with E-state index in [0.29, 0.717) is 0 Å². The number of allylic oxidation sites excluding steroid dienone is 1. The van der Waals surface area contributed by atoms with Crippen LogP contribution < -0.4 is 4.74 Å². The first kappa shape index (κ1) is 12.8. The molecule has 0 saturated heterocycles. The highest BCUT2D eigenvalue weighted by Gasteiger charge is 2.20. The molecule has 4 rings (SSSR count). The van der Waals surface area contributed by atoms with Gasteiger partial charge in [-0.15, -0.1) is 0 Å². The molecule has 0 heterocycles. The molecule has 0 aromatic heterocycles. The van der Waals surface area contributed by atoms with Gasteiger partial charge in [0.05, 0.1) is 7.11 Å². The van der Waals surface area contributed by atoms with Crippen LogP contribution in [0, 0.1) is 0 Å². The summed E-state index contributed by atoms with van der Waals surface area (Å²) in [6.07, 6.45) is 1.74. The molecule has 0 saturated carbocycles. The van der Waals surface area contributed by atoms with Crippen molar-refractivity contribution in [2.75, 3.05) is 7.11 Å². The van der Waals surface area contributed by atoms with Crippen molar-refractivity contribution in [3.63, 3.8) is 0 Å². The molecule has 2 heteroatoms. The number of ketones is 1. The zero-order chi connectivity index (χ0) is 15.1. The Morgan fingerprint density at radius 3 is 2.18 bits per heavy atom. The topological polar surface area (TPSA) is 26.3 Å². The van der Waals surface area contributed by atoms with Crippen molar-refractivity contribution in [1.29, 1.82) is 0 Å². The number of ether oxygens (including phenoxy) is 1. The number of hydrogen-bond donors (Lipinski definition) is 0. The summed E-state index contributed by atoms with van der Waals surface area (Å²) in [6.45, 7) is 0. The van der Waals surface area contributed by atoms with E-state index in [1.165, 1.54) is 0 Å². The second kappa shape index (κ2) is 4.85. The minimum atomic E-state index is 0.0649. The third-order valence-electron chi connectivity index (χ3n) is 4.14. The first-order valence-electron chi connectivity index (χ1n) is 7.20. The molecule has 0 N–H and O–H groups in total. The van der Waals surface area contributed by atoms with Crippen molar-refractivity contribution in [3.05, 3.63) is 83.4 Å². The van der Waals surface area contributed by atoms with Crippen LogP contribution in [0.5, 0.6) is 5.75 Å². The van der Waals surface area contributed by atoms with Gasteiger partial charge in [0.25, 0.3) is 0 Å². The Balaban J connectivity index is 1.97. The van der Waals surface area contributed by atoms with E-state index in [9.17, 15) is 4.79 Å². The van der Waals surface area contributed by atoms with Crippen LogP contribution in [0.2, 0.25) is 0 Å². The molecule has 0 spiro atoms. The maximum Gasteiger partial charge on any atom is 0.187 e. The van der Waals surface area contributed by atoms with Crippen LogP contribution in [0.15, 0.2) is 66.7 Å². The Bertz CT molecular complexity index is 913. The lowest BCUT2D eigenvalue weighted by molar-refractivity contribution is 0.104. The standard InChI is InChI=1S/C20H14O2/c1-22-15-10-8-13(9-11-15)18-12-19(21)17-7-3-5-14-4-2-6-16(18)20(14)17/h2-12H,1H3. The largest absolute Gasteiger partial charge is 0.497 e. The van der Waals surface area contributed by atoms with Gasteiger partial charge in [0, 0.05) is 10.9 Å². The number of benzene rings is 3. The van der Waals surface area contributed by atoms with Gasteiger partial charge in [0.2, 0.25) is 0 Å². The Kier molecular flexibility index (Phi) is 2.83. The molecule has 2 nitrogen and oxygen atoms in total. The summed E-state index contributed by atoms with van der Waals surface area (Å²) < 4.78 is 5.21. The van der Waals surface area contributed by atoms with Crippen molar-refractivity contribution < 1.29 is 9.53 Å². The van der Waals surface area contributed by atoms with E-state index in [0.717, 1.165) is 38.8 Å². The lowest BCUT2D eigenvalue weighted by atomic mass is 9.84. The van der Waals surface area contributed by atoms with E-state index in [1.54, 1.807) is 13.2 Å². The number of carbonyl (C=O) groups excluding carboxylic acids is 1. The Morgan fingerprint density at radius 1 is 0.818 bits per heavy atom. The average Bonchev–Trinajstić information content (AvgIpc) is 2.58. The van der Waals surface area contributed by atoms with E-state index in [1.807, 2.05) is 54.6 Å². The zero-order valence-electron chi connectivity index (χ0n) is 12.2. The summed E-state index contributed by atoms with van der Waals surface area (Å²) in [7, 11) is 1.65. The molecule has 0 bridgehead atoms. The Morgan fingerprint density at radius 2 is 1.50 bits per heavy atom. The fraction of sp³-hybridized carbons (Fsp3) is 0.0500. The summed E-state index contributed by atoms with van der Waals surface area (Å²) in [5.74, 6) is 0.875. The van der Waals surface area contributed by atoms with Crippen LogP contribution >= 0.6 is 0 Å². The van der Waals surface area contributed by atoms with Crippen molar-refractivity contribution in [3.8, 4) is 5.75 Å². The maximum atomic E-state index is 12.5. The van der Waals surface area contributed by atoms with Gasteiger partial charge in [-0.05, 0) is 40.3 Å². The van der Waals surface area contributed by atoms with Crippen LogP contribution in [0.1, 0.15) is 21.5 Å². The van der Waals surface area contributed by atoms with E-state index < -0.39 is 0 Å². The molecule has 1 aliphatic carbocycles. The van der Waals surface area contributed by atoms with Crippen LogP contribution in [-0.4, -0.2) is 12.9 Å². The molecular formula is C20H14O2. The molecule has 0 radical (unpaired) electrons. The lowest BCUT2D eigenvalue weighted by Gasteiger charge is -2.18. The second-order valence-electron chi connectivity index (χ2n) is 5.36. The lowest BCUT2D eigenvalue weighted by Crippen LogP contribution is -2.06. The van der Waals surface area contributed by atoms with Crippen molar-refractivity contribution in [1.82, 2.24) is 0 Å². The predicted molar refractivity (Wildman–Crippen MR) is 88.4 cm³/mol. The maximum absolute atomic E-state index is 12.5. The quantitative estimate of drug-likeness (QED) is 0.694. The summed E-state index contributed by atoms with van der Waals surface area (Å²) in [5, 5.41) is 2.14. The molecular weight excluding hydrogens is 272 g/mol. The van der Waals surface area contributed by atoms with Gasteiger partial charge >= 0.3 is 0 Å². The third kappa shape index (κ3) is 1.85. The van der Waals surface area contributed by atoms with Gasteiger partial charge in [-0.2, -0.15) is 0 Å². The first-order chi connectivity index (χ1) is 10.8. The van der Waals surface area contributed by atoms with Gasteiger partial charge in [0.15, 0.2) is 5.78 Å². The van der Waals surface area contributed by atoms with Crippen LogP contribution in [0.4, 0.5) is 0 Å². The molecule has 3 aromatic carbocycles. The van der Waals surface area contributed by atoms with Crippen LogP contribution in [0.3, 0.4) is 0 Å². The normalized spacial score (nSPS) is 13.1. The molecule has 0 unspecified atom stereocenters. The van der Waals surface area contributed by atoms with E-state index in [2.05, 4.69) is 6.07 Å². The number of rotatable bonds is 2. The molecule has 0 fully saturated rings. The van der Waals surface area contributed by atoms with Crippen LogP contribution in [-0.2, 0) is 0 Å². The highest BCUT2D eigenvalue weighted by Crippen LogP contribution is 2.36. The summed E-state index contributed by atoms with van der Waals surface area (Å²) in [4.78, 5) is 12.5. The number of hydrogen-bond acceptors (Lipinski definition) is 2. The molecule has 1 aliphatic rings. The minimum Gasteiger partial charge on any atom is -0.497 e. The van der Waals surface area contributed by atoms with E-state index >= 15 is 0 Å². The molecule has 0 amide bonds. The van der Waals surface area contributed by atoms with Crippen molar-refractivity contribution >= 4 is 22.1 Å². The minimum absolute atomic E-state index is 0.0649. The molecule has 22 heavy (non-hydrogen) atoms. The highest BCUT2D eigenvalue weighted by atomic mass is 16.5. The predicted octanol–water partition coefficient (Wildman–Crippen LogP) is 4.48. The fourth-order valence-electron chi connectivity index (χ4n) is 3.07. The van der Waals surface area contributed by atoms with Crippen molar-refractivity contribution in [2.24, 2.45) is 0 Å². The molecule has 0 aliphatic heterocycles. The SMILES string of the molecule is COc1ccc(C2=CC(=O)c3cccc4cccc2c34)cc1. The molecule has 3 aromatic rings.